The summed E-state index contributed by atoms with van der Waals surface area (Å²) in [6.45, 7) is 0. The maximum Gasteiger partial charge on any atom is 0.0992 e. The lowest BCUT2D eigenvalue weighted by Crippen LogP contribution is -1.93. The standard InChI is InChI=1S/C55H30N2/c56-31-32-26-27-39-46(28-32)57(35-18-8-3-9-19-35)47-30-45-51-40(52(39)47)23-13-25-42(51)54-48(33-14-4-1-5-15-33)44-29-43-37-21-11-10-20-36(37)38-22-12-24-41(50(38)43)53(44)49(55(45)54)34-16-6-2-7-17-34/h1-30H. The Labute approximate surface area is 327 Å². The zero-order chi connectivity index (χ0) is 37.4. The maximum absolute atomic E-state index is 10.1. The molecule has 0 spiro atoms. The highest BCUT2D eigenvalue weighted by Gasteiger charge is 2.28. The van der Waals surface area contributed by atoms with E-state index in [9.17, 15) is 5.26 Å². The summed E-state index contributed by atoms with van der Waals surface area (Å²) in [4.78, 5) is 0. The molecule has 0 N–H and O–H groups in total. The van der Waals surface area contributed by atoms with Crippen molar-refractivity contribution in [1.82, 2.24) is 4.57 Å². The first-order valence-corrected chi connectivity index (χ1v) is 19.6. The van der Waals surface area contributed by atoms with Crippen LogP contribution < -0.4 is 0 Å². The van der Waals surface area contributed by atoms with Crippen LogP contribution in [0.5, 0.6) is 0 Å². The summed E-state index contributed by atoms with van der Waals surface area (Å²) in [5.74, 6) is 0. The SMILES string of the molecule is N#Cc1ccc2c3c4cccc5c6c(-c7ccccc7)c7cc8c9ccccc9c9cccc(c7c(-c7ccccc7)c6c(cc3n(-c3ccccc3)c2c1)c54)c98. The zero-order valence-electron chi connectivity index (χ0n) is 30.7. The van der Waals surface area contributed by atoms with Crippen LogP contribution in [0.3, 0.4) is 0 Å². The summed E-state index contributed by atoms with van der Waals surface area (Å²) >= 11 is 0. The molecule has 1 aromatic heterocycles. The Morgan fingerprint density at radius 1 is 0.316 bits per heavy atom. The fraction of sp³-hybridized carbons (Fsp3) is 0. The van der Waals surface area contributed by atoms with Crippen LogP contribution in [0, 0.1) is 11.3 Å². The molecule has 2 heteroatoms. The van der Waals surface area contributed by atoms with Gasteiger partial charge in [-0.25, -0.2) is 0 Å². The number of nitrogens with zero attached hydrogens (tertiary/aromatic N) is 2. The molecule has 1 heterocycles. The van der Waals surface area contributed by atoms with Gasteiger partial charge in [-0.15, -0.1) is 0 Å². The van der Waals surface area contributed by atoms with Crippen molar-refractivity contribution in [3.63, 3.8) is 0 Å². The van der Waals surface area contributed by atoms with Gasteiger partial charge in [-0.3, -0.25) is 0 Å². The molecule has 260 valence electrons. The fourth-order valence-corrected chi connectivity index (χ4v) is 10.5. The maximum atomic E-state index is 10.1. The smallest absolute Gasteiger partial charge is 0.0992 e. The fourth-order valence-electron chi connectivity index (χ4n) is 10.5. The lowest BCUT2D eigenvalue weighted by atomic mass is 9.84. The van der Waals surface area contributed by atoms with Crippen molar-refractivity contribution in [1.29, 1.82) is 5.26 Å². The number of hydrogen-bond donors (Lipinski definition) is 0. The molecule has 0 fully saturated rings. The molecular weight excluding hydrogens is 689 g/mol. The van der Waals surface area contributed by atoms with Gasteiger partial charge in [0.25, 0.3) is 0 Å². The topological polar surface area (TPSA) is 28.7 Å². The molecule has 0 radical (unpaired) electrons. The molecule has 0 atom stereocenters. The highest BCUT2D eigenvalue weighted by atomic mass is 15.0. The third-order valence-corrected chi connectivity index (χ3v) is 12.6. The molecule has 0 saturated heterocycles. The number of fused-ring (bicyclic) bond motifs is 12. The van der Waals surface area contributed by atoms with Crippen molar-refractivity contribution in [2.75, 3.05) is 0 Å². The van der Waals surface area contributed by atoms with Crippen LogP contribution >= 0.6 is 0 Å². The molecule has 0 saturated carbocycles. The average Bonchev–Trinajstić information content (AvgIpc) is 3.90. The van der Waals surface area contributed by atoms with Crippen molar-refractivity contribution in [2.24, 2.45) is 0 Å². The summed E-state index contributed by atoms with van der Waals surface area (Å²) in [6.07, 6.45) is 0. The lowest BCUT2D eigenvalue weighted by molar-refractivity contribution is 1.18. The van der Waals surface area contributed by atoms with Crippen molar-refractivity contribution < 1.29 is 0 Å². The van der Waals surface area contributed by atoms with Gasteiger partial charge in [0.1, 0.15) is 0 Å². The van der Waals surface area contributed by atoms with E-state index in [1.807, 2.05) is 6.07 Å². The molecule has 13 rings (SSSR count). The Hall–Kier alpha value is -7.73. The predicted octanol–water partition coefficient (Wildman–Crippen LogP) is 14.9. The van der Waals surface area contributed by atoms with Gasteiger partial charge in [-0.2, -0.15) is 5.26 Å². The van der Waals surface area contributed by atoms with Crippen LogP contribution in [0.25, 0.3) is 125 Å². The Balaban J connectivity index is 1.36. The van der Waals surface area contributed by atoms with E-state index in [-0.39, 0.29) is 0 Å². The van der Waals surface area contributed by atoms with Crippen LogP contribution in [0.1, 0.15) is 5.56 Å². The minimum Gasteiger partial charge on any atom is -0.309 e. The second-order valence-electron chi connectivity index (χ2n) is 15.4. The normalized spacial score (nSPS) is 12.2. The van der Waals surface area contributed by atoms with Gasteiger partial charge in [-0.1, -0.05) is 146 Å². The molecule has 57 heavy (non-hydrogen) atoms. The van der Waals surface area contributed by atoms with Crippen LogP contribution in [0.2, 0.25) is 0 Å². The molecule has 0 aliphatic heterocycles. The van der Waals surface area contributed by atoms with Crippen LogP contribution in [-0.4, -0.2) is 4.57 Å². The molecule has 2 nitrogen and oxygen atoms in total. The summed E-state index contributed by atoms with van der Waals surface area (Å²) in [5.41, 5.74) is 8.86. The molecular formula is C55H30N2. The van der Waals surface area contributed by atoms with E-state index in [0.717, 1.165) is 22.1 Å². The minimum atomic E-state index is 0.653. The van der Waals surface area contributed by atoms with E-state index < -0.39 is 0 Å². The van der Waals surface area contributed by atoms with E-state index >= 15 is 0 Å². The van der Waals surface area contributed by atoms with Gasteiger partial charge < -0.3 is 4.57 Å². The van der Waals surface area contributed by atoms with E-state index in [4.69, 9.17) is 0 Å². The van der Waals surface area contributed by atoms with Crippen molar-refractivity contribution >= 4 is 97.2 Å². The zero-order valence-corrected chi connectivity index (χ0v) is 30.7. The Morgan fingerprint density at radius 2 is 0.860 bits per heavy atom. The number of benzene rings is 10. The van der Waals surface area contributed by atoms with Crippen LogP contribution in [0.4, 0.5) is 0 Å². The first-order chi connectivity index (χ1) is 28.3. The van der Waals surface area contributed by atoms with Crippen molar-refractivity contribution in [3.8, 4) is 34.0 Å². The Kier molecular flexibility index (Phi) is 5.99. The monoisotopic (exact) mass is 718 g/mol. The second-order valence-corrected chi connectivity index (χ2v) is 15.4. The molecule has 0 aliphatic carbocycles. The lowest BCUT2D eigenvalue weighted by Gasteiger charge is -2.19. The molecule has 13 aromatic rings. The summed E-state index contributed by atoms with van der Waals surface area (Å²) in [6, 6.07) is 68.9. The number of hydrogen-bond acceptors (Lipinski definition) is 1. The average molecular weight is 719 g/mol. The van der Waals surface area contributed by atoms with E-state index in [0.29, 0.717) is 5.56 Å². The van der Waals surface area contributed by atoms with Gasteiger partial charge in [-0.05, 0) is 134 Å². The van der Waals surface area contributed by atoms with Gasteiger partial charge in [0.05, 0.1) is 22.7 Å². The van der Waals surface area contributed by atoms with E-state index in [1.54, 1.807) is 0 Å². The molecule has 0 bridgehead atoms. The largest absolute Gasteiger partial charge is 0.309 e. The summed E-state index contributed by atoms with van der Waals surface area (Å²) in [5, 5.41) is 30.4. The van der Waals surface area contributed by atoms with Gasteiger partial charge in [0, 0.05) is 16.5 Å². The summed E-state index contributed by atoms with van der Waals surface area (Å²) < 4.78 is 2.36. The second kappa shape index (κ2) is 11.2. The van der Waals surface area contributed by atoms with E-state index in [2.05, 4.69) is 187 Å². The number of para-hydroxylation sites is 1. The molecule has 0 aliphatic rings. The number of aromatic nitrogens is 1. The van der Waals surface area contributed by atoms with Crippen molar-refractivity contribution in [2.45, 2.75) is 0 Å². The third kappa shape index (κ3) is 3.92. The van der Waals surface area contributed by atoms with Gasteiger partial charge in [0.2, 0.25) is 0 Å². The van der Waals surface area contributed by atoms with E-state index in [1.165, 1.54) is 103 Å². The third-order valence-electron chi connectivity index (χ3n) is 12.6. The molecule has 0 unspecified atom stereocenters. The van der Waals surface area contributed by atoms with Gasteiger partial charge >= 0.3 is 0 Å². The summed E-state index contributed by atoms with van der Waals surface area (Å²) in [7, 11) is 0. The first-order valence-electron chi connectivity index (χ1n) is 19.6. The quantitative estimate of drug-likeness (QED) is 0.167. The van der Waals surface area contributed by atoms with Crippen LogP contribution in [0.15, 0.2) is 182 Å². The molecule has 12 aromatic carbocycles. The number of nitriles is 1. The Bertz CT molecular complexity index is 3830. The first kappa shape index (κ1) is 30.6. The van der Waals surface area contributed by atoms with Crippen LogP contribution in [-0.2, 0) is 0 Å². The van der Waals surface area contributed by atoms with Crippen molar-refractivity contribution in [3.05, 3.63) is 188 Å². The minimum absolute atomic E-state index is 0.653. The van der Waals surface area contributed by atoms with Gasteiger partial charge in [0.15, 0.2) is 0 Å². The molecule has 0 amide bonds. The Morgan fingerprint density at radius 3 is 1.56 bits per heavy atom. The number of rotatable bonds is 3. The highest BCUT2D eigenvalue weighted by Crippen LogP contribution is 2.55. The predicted molar refractivity (Wildman–Crippen MR) is 241 cm³/mol. The highest BCUT2D eigenvalue weighted by molar-refractivity contribution is 6.46.